The predicted octanol–water partition coefficient (Wildman–Crippen LogP) is -1.11. The van der Waals surface area contributed by atoms with Crippen molar-refractivity contribution in [3.05, 3.63) is 34.6 Å². The zero-order valence-corrected chi connectivity index (χ0v) is 11.2. The van der Waals surface area contributed by atoms with Crippen molar-refractivity contribution in [2.24, 2.45) is 0 Å². The summed E-state index contributed by atoms with van der Waals surface area (Å²) in [5, 5.41) is 45.4. The van der Waals surface area contributed by atoms with Crippen molar-refractivity contribution in [1.29, 1.82) is 0 Å². The molecule has 0 aliphatic carbocycles. The van der Waals surface area contributed by atoms with E-state index in [9.17, 15) is 10.1 Å². The first-order valence-corrected chi connectivity index (χ1v) is 6.32. The van der Waals surface area contributed by atoms with Crippen LogP contribution in [-0.2, 0) is 4.74 Å². The molecule has 5 N–H and O–H groups in total. The molecule has 4 atom stereocenters. The average molecular weight is 313 g/mol. The van der Waals surface area contributed by atoms with Crippen LogP contribution in [0, 0.1) is 10.1 Å². The first kappa shape index (κ1) is 16.3. The lowest BCUT2D eigenvalue weighted by Crippen LogP contribution is -2.33. The first-order valence-electron chi connectivity index (χ1n) is 6.32. The molecular formula is C12H15N3O7. The van der Waals surface area contributed by atoms with Crippen molar-refractivity contribution in [3.8, 4) is 0 Å². The molecule has 1 fully saturated rings. The molecule has 10 nitrogen and oxygen atoms in total. The van der Waals surface area contributed by atoms with Gasteiger partial charge in [0.15, 0.2) is 11.8 Å². The van der Waals surface area contributed by atoms with E-state index in [2.05, 4.69) is 14.7 Å². The maximum Gasteiger partial charge on any atom is 0.297 e. The molecule has 0 amide bonds. The second-order valence-electron chi connectivity index (χ2n) is 4.56. The van der Waals surface area contributed by atoms with E-state index in [1.54, 1.807) is 12.1 Å². The van der Waals surface area contributed by atoms with E-state index in [0.29, 0.717) is 11.0 Å². The van der Waals surface area contributed by atoms with Crippen LogP contribution in [0.5, 0.6) is 0 Å². The standard InChI is InChI=1S/C7H5N3O2.C5H10O5/c11-10(12)6-3-1-2-5-7(6)9-4-8-5;6-1-2-3(7)4(8)5(9)10-2/h1-4H,(H,8,9);2-9H,1H2/t;2-,3-,4-,5?/m.1/s1. The number of fused-ring (bicyclic) bond motifs is 1. The van der Waals surface area contributed by atoms with Crippen LogP contribution in [0.4, 0.5) is 5.69 Å². The number of para-hydroxylation sites is 1. The summed E-state index contributed by atoms with van der Waals surface area (Å²) >= 11 is 0. The molecule has 2 aromatic rings. The number of imidazole rings is 1. The topological polar surface area (TPSA) is 162 Å². The summed E-state index contributed by atoms with van der Waals surface area (Å²) in [7, 11) is 0. The van der Waals surface area contributed by atoms with Crippen LogP contribution < -0.4 is 0 Å². The average Bonchev–Trinajstić information content (AvgIpc) is 3.07. The van der Waals surface area contributed by atoms with Crippen molar-refractivity contribution < 1.29 is 30.1 Å². The largest absolute Gasteiger partial charge is 0.394 e. The fourth-order valence-electron chi connectivity index (χ4n) is 1.98. The molecule has 10 heteroatoms. The summed E-state index contributed by atoms with van der Waals surface area (Å²) < 4.78 is 4.54. The van der Waals surface area contributed by atoms with Crippen LogP contribution in [0.1, 0.15) is 0 Å². The summed E-state index contributed by atoms with van der Waals surface area (Å²) in [5.41, 5.74) is 1.13. The molecule has 22 heavy (non-hydrogen) atoms. The highest BCUT2D eigenvalue weighted by molar-refractivity contribution is 5.83. The summed E-state index contributed by atoms with van der Waals surface area (Å²) in [5.74, 6) is 0. The number of nitrogens with zero attached hydrogens (tertiary/aromatic N) is 2. The van der Waals surface area contributed by atoms with Gasteiger partial charge < -0.3 is 30.1 Å². The number of hydrogen-bond acceptors (Lipinski definition) is 8. The molecule has 0 radical (unpaired) electrons. The van der Waals surface area contributed by atoms with Crippen LogP contribution in [0.15, 0.2) is 24.5 Å². The highest BCUT2D eigenvalue weighted by Gasteiger charge is 2.41. The van der Waals surface area contributed by atoms with Gasteiger partial charge in [-0.15, -0.1) is 0 Å². The number of nitrogens with one attached hydrogen (secondary N) is 1. The van der Waals surface area contributed by atoms with E-state index in [1.165, 1.54) is 12.4 Å². The number of benzene rings is 1. The molecule has 3 rings (SSSR count). The van der Waals surface area contributed by atoms with Gasteiger partial charge in [-0.25, -0.2) is 4.98 Å². The maximum atomic E-state index is 10.5. The Labute approximate surface area is 123 Å². The quantitative estimate of drug-likeness (QED) is 0.344. The Morgan fingerprint density at radius 1 is 1.32 bits per heavy atom. The number of aliphatic hydroxyl groups excluding tert-OH is 4. The maximum absolute atomic E-state index is 10.5. The van der Waals surface area contributed by atoms with Gasteiger partial charge >= 0.3 is 0 Å². The SMILES string of the molecule is O=[N+]([O-])c1cccc2[nH]cnc12.OC[C@H]1OC(O)[C@H](O)[C@@H]1O. The monoisotopic (exact) mass is 313 g/mol. The molecule has 1 saturated heterocycles. The Balaban J connectivity index is 0.000000164. The van der Waals surface area contributed by atoms with E-state index in [0.717, 1.165) is 0 Å². The molecule has 1 aliphatic heterocycles. The molecule has 1 aromatic heterocycles. The van der Waals surface area contributed by atoms with Gasteiger partial charge in [-0.3, -0.25) is 10.1 Å². The van der Waals surface area contributed by atoms with Crippen molar-refractivity contribution >= 4 is 16.7 Å². The molecule has 2 heterocycles. The number of aliphatic hydroxyl groups is 4. The van der Waals surface area contributed by atoms with E-state index >= 15 is 0 Å². The number of aromatic nitrogens is 2. The van der Waals surface area contributed by atoms with Crippen molar-refractivity contribution in [3.63, 3.8) is 0 Å². The molecule has 0 saturated carbocycles. The van der Waals surface area contributed by atoms with Gasteiger partial charge in [0.2, 0.25) is 0 Å². The fourth-order valence-corrected chi connectivity index (χ4v) is 1.98. The second-order valence-corrected chi connectivity index (χ2v) is 4.56. The number of nitro benzene ring substituents is 1. The van der Waals surface area contributed by atoms with Crippen LogP contribution in [0.2, 0.25) is 0 Å². The lowest BCUT2D eigenvalue weighted by atomic mass is 10.1. The lowest BCUT2D eigenvalue weighted by molar-refractivity contribution is -0.383. The highest BCUT2D eigenvalue weighted by atomic mass is 16.6. The van der Waals surface area contributed by atoms with E-state index in [-0.39, 0.29) is 5.69 Å². The van der Waals surface area contributed by atoms with Gasteiger partial charge in [0, 0.05) is 6.07 Å². The molecule has 1 unspecified atom stereocenters. The molecule has 1 aromatic carbocycles. The predicted molar refractivity (Wildman–Crippen MR) is 72.7 cm³/mol. The number of H-pyrrole nitrogens is 1. The summed E-state index contributed by atoms with van der Waals surface area (Å²) in [6.45, 7) is -0.407. The minimum atomic E-state index is -1.38. The fraction of sp³-hybridized carbons (Fsp3) is 0.417. The number of non-ortho nitro benzene ring substituents is 1. The third-order valence-corrected chi connectivity index (χ3v) is 3.14. The minimum Gasteiger partial charge on any atom is -0.394 e. The minimum absolute atomic E-state index is 0.0359. The normalized spacial score (nSPS) is 27.5. The Hall–Kier alpha value is -2.11. The number of hydrogen-bond donors (Lipinski definition) is 5. The second kappa shape index (κ2) is 6.77. The molecule has 0 spiro atoms. The summed E-state index contributed by atoms with van der Waals surface area (Å²) in [6.07, 6.45) is -3.31. The van der Waals surface area contributed by atoms with Gasteiger partial charge in [0.25, 0.3) is 5.69 Å². The summed E-state index contributed by atoms with van der Waals surface area (Å²) in [4.78, 5) is 16.7. The zero-order chi connectivity index (χ0) is 16.3. The van der Waals surface area contributed by atoms with Crippen LogP contribution in [0.3, 0.4) is 0 Å². The van der Waals surface area contributed by atoms with Crippen molar-refractivity contribution in [2.75, 3.05) is 6.61 Å². The number of aromatic amines is 1. The Morgan fingerprint density at radius 3 is 2.55 bits per heavy atom. The third kappa shape index (κ3) is 3.21. The number of ether oxygens (including phenoxy) is 1. The highest BCUT2D eigenvalue weighted by Crippen LogP contribution is 2.21. The third-order valence-electron chi connectivity index (χ3n) is 3.14. The van der Waals surface area contributed by atoms with E-state index in [4.69, 9.17) is 20.4 Å². The van der Waals surface area contributed by atoms with Gasteiger partial charge in [-0.1, -0.05) is 6.07 Å². The number of rotatable bonds is 2. The molecule has 1 aliphatic rings. The van der Waals surface area contributed by atoms with Gasteiger partial charge in [0.05, 0.1) is 23.4 Å². The smallest absolute Gasteiger partial charge is 0.297 e. The molecule has 120 valence electrons. The Kier molecular flexibility index (Phi) is 5.00. The molecular weight excluding hydrogens is 298 g/mol. The lowest BCUT2D eigenvalue weighted by Gasteiger charge is -2.09. The van der Waals surface area contributed by atoms with E-state index < -0.39 is 36.1 Å². The van der Waals surface area contributed by atoms with Gasteiger partial charge in [0.1, 0.15) is 18.3 Å². The van der Waals surface area contributed by atoms with Crippen molar-refractivity contribution in [2.45, 2.75) is 24.6 Å². The van der Waals surface area contributed by atoms with Crippen LogP contribution in [0.25, 0.3) is 11.0 Å². The van der Waals surface area contributed by atoms with Gasteiger partial charge in [-0.05, 0) is 6.07 Å². The Bertz CT molecular complexity index is 646. The van der Waals surface area contributed by atoms with Crippen LogP contribution >= 0.6 is 0 Å². The Morgan fingerprint density at radius 2 is 2.05 bits per heavy atom. The first-order chi connectivity index (χ1) is 10.5. The zero-order valence-electron chi connectivity index (χ0n) is 11.2. The van der Waals surface area contributed by atoms with Crippen LogP contribution in [-0.4, -0.2) is 66.5 Å². The van der Waals surface area contributed by atoms with Crippen molar-refractivity contribution in [1.82, 2.24) is 9.97 Å². The van der Waals surface area contributed by atoms with Gasteiger partial charge in [-0.2, -0.15) is 0 Å². The molecule has 0 bridgehead atoms. The summed E-state index contributed by atoms with van der Waals surface area (Å²) in [6, 6.07) is 4.80. The van der Waals surface area contributed by atoms with E-state index in [1.807, 2.05) is 0 Å². The number of nitro groups is 1.